The molecule has 5 rings (SSSR count). The number of rotatable bonds is 8. The Kier molecular flexibility index (Phi) is 7.14. The molecular formula is C30H28N4OS. The van der Waals surface area contributed by atoms with Gasteiger partial charge in [0.25, 0.3) is 5.91 Å². The monoisotopic (exact) mass is 492 g/mol. The van der Waals surface area contributed by atoms with Crippen molar-refractivity contribution in [2.75, 3.05) is 0 Å². The molecule has 180 valence electrons. The Balaban J connectivity index is 1.27. The fraction of sp³-hybridized carbons (Fsp3) is 0.167. The smallest absolute Gasteiger partial charge is 0.251 e. The summed E-state index contributed by atoms with van der Waals surface area (Å²) in [5, 5.41) is 4.01. The number of pyridine rings is 1. The van der Waals surface area contributed by atoms with E-state index in [-0.39, 0.29) is 11.9 Å². The quantitative estimate of drug-likeness (QED) is 0.249. The molecule has 0 radical (unpaired) electrons. The first-order chi connectivity index (χ1) is 17.6. The second-order valence-corrected chi connectivity index (χ2v) is 9.85. The Morgan fingerprint density at radius 1 is 0.917 bits per heavy atom. The maximum absolute atomic E-state index is 12.7. The SMILES string of the molecule is Cc1ccc(Cn2c(SCc3ccc(C(=O)NC(C)c4ccccc4)cc3)nc3cccnc32)cc1. The van der Waals surface area contributed by atoms with Crippen LogP contribution >= 0.6 is 11.8 Å². The third-order valence-electron chi connectivity index (χ3n) is 6.16. The van der Waals surface area contributed by atoms with E-state index in [1.165, 1.54) is 11.1 Å². The van der Waals surface area contributed by atoms with Crippen molar-refractivity contribution in [3.63, 3.8) is 0 Å². The van der Waals surface area contributed by atoms with E-state index in [1.54, 1.807) is 11.8 Å². The zero-order valence-electron chi connectivity index (χ0n) is 20.4. The van der Waals surface area contributed by atoms with Gasteiger partial charge in [0.15, 0.2) is 10.8 Å². The minimum Gasteiger partial charge on any atom is -0.346 e. The Bertz CT molecular complexity index is 1460. The average Bonchev–Trinajstić information content (AvgIpc) is 3.26. The molecule has 5 aromatic rings. The van der Waals surface area contributed by atoms with Crippen molar-refractivity contribution in [3.05, 3.63) is 125 Å². The van der Waals surface area contributed by atoms with Gasteiger partial charge in [0.2, 0.25) is 0 Å². The van der Waals surface area contributed by atoms with Crippen LogP contribution in [0.25, 0.3) is 11.2 Å². The number of nitrogens with one attached hydrogen (secondary N) is 1. The minimum atomic E-state index is -0.0727. The Morgan fingerprint density at radius 3 is 2.39 bits per heavy atom. The van der Waals surface area contributed by atoms with Gasteiger partial charge in [-0.15, -0.1) is 0 Å². The molecule has 1 N–H and O–H groups in total. The largest absolute Gasteiger partial charge is 0.346 e. The summed E-state index contributed by atoms with van der Waals surface area (Å²) in [4.78, 5) is 22.2. The molecule has 2 aromatic heterocycles. The molecule has 0 spiro atoms. The molecule has 0 saturated carbocycles. The van der Waals surface area contributed by atoms with Crippen molar-refractivity contribution < 1.29 is 4.79 Å². The number of hydrogen-bond donors (Lipinski definition) is 1. The molecule has 0 aliphatic carbocycles. The first-order valence-electron chi connectivity index (χ1n) is 12.0. The number of benzene rings is 3. The number of hydrogen-bond acceptors (Lipinski definition) is 4. The van der Waals surface area contributed by atoms with Crippen LogP contribution in [0.2, 0.25) is 0 Å². The molecule has 0 saturated heterocycles. The Hall–Kier alpha value is -3.90. The molecule has 6 heteroatoms. The summed E-state index contributed by atoms with van der Waals surface area (Å²) >= 11 is 1.68. The molecule has 3 aromatic carbocycles. The summed E-state index contributed by atoms with van der Waals surface area (Å²) in [6.07, 6.45) is 1.81. The van der Waals surface area contributed by atoms with Crippen LogP contribution in [0.15, 0.2) is 102 Å². The summed E-state index contributed by atoms with van der Waals surface area (Å²) in [6.45, 7) is 4.81. The summed E-state index contributed by atoms with van der Waals surface area (Å²) < 4.78 is 2.18. The highest BCUT2D eigenvalue weighted by atomic mass is 32.2. The summed E-state index contributed by atoms with van der Waals surface area (Å²) in [5.41, 5.74) is 7.12. The molecule has 5 nitrogen and oxygen atoms in total. The van der Waals surface area contributed by atoms with E-state index in [2.05, 4.69) is 46.1 Å². The van der Waals surface area contributed by atoms with Gasteiger partial charge < -0.3 is 5.32 Å². The fourth-order valence-corrected chi connectivity index (χ4v) is 5.03. The summed E-state index contributed by atoms with van der Waals surface area (Å²) in [7, 11) is 0. The van der Waals surface area contributed by atoms with Crippen molar-refractivity contribution in [1.29, 1.82) is 0 Å². The van der Waals surface area contributed by atoms with Gasteiger partial charge in [0, 0.05) is 17.5 Å². The highest BCUT2D eigenvalue weighted by Gasteiger charge is 2.14. The van der Waals surface area contributed by atoms with Gasteiger partial charge in [0.1, 0.15) is 5.52 Å². The van der Waals surface area contributed by atoms with Crippen molar-refractivity contribution in [2.45, 2.75) is 37.3 Å². The third kappa shape index (κ3) is 5.50. The van der Waals surface area contributed by atoms with E-state index >= 15 is 0 Å². The van der Waals surface area contributed by atoms with Crippen molar-refractivity contribution in [3.8, 4) is 0 Å². The Labute approximate surface area is 215 Å². The highest BCUT2D eigenvalue weighted by Crippen LogP contribution is 2.27. The van der Waals surface area contributed by atoms with Crippen molar-refractivity contribution in [2.24, 2.45) is 0 Å². The average molecular weight is 493 g/mol. The molecule has 0 fully saturated rings. The van der Waals surface area contributed by atoms with Gasteiger partial charge in [-0.3, -0.25) is 9.36 Å². The van der Waals surface area contributed by atoms with Gasteiger partial charge in [-0.05, 0) is 54.8 Å². The number of aryl methyl sites for hydroxylation is 1. The lowest BCUT2D eigenvalue weighted by atomic mass is 10.1. The predicted molar refractivity (Wildman–Crippen MR) is 146 cm³/mol. The van der Waals surface area contributed by atoms with Crippen LogP contribution < -0.4 is 5.32 Å². The van der Waals surface area contributed by atoms with E-state index in [1.807, 2.05) is 79.9 Å². The molecule has 1 amide bonds. The van der Waals surface area contributed by atoms with Gasteiger partial charge >= 0.3 is 0 Å². The summed E-state index contributed by atoms with van der Waals surface area (Å²) in [5.74, 6) is 0.677. The first-order valence-corrected chi connectivity index (χ1v) is 13.0. The van der Waals surface area contributed by atoms with Crippen LogP contribution in [0, 0.1) is 6.92 Å². The molecule has 0 aliphatic rings. The van der Waals surface area contributed by atoms with Crippen LogP contribution in [0.4, 0.5) is 0 Å². The fourth-order valence-electron chi connectivity index (χ4n) is 4.07. The van der Waals surface area contributed by atoms with Crippen LogP contribution in [-0.2, 0) is 12.3 Å². The highest BCUT2D eigenvalue weighted by molar-refractivity contribution is 7.98. The number of aromatic nitrogens is 3. The number of fused-ring (bicyclic) bond motifs is 1. The summed E-state index contributed by atoms with van der Waals surface area (Å²) in [6, 6.07) is 30.2. The van der Waals surface area contributed by atoms with E-state index in [0.29, 0.717) is 5.56 Å². The number of carbonyl (C=O) groups is 1. The number of nitrogens with zero attached hydrogens (tertiary/aromatic N) is 3. The lowest BCUT2D eigenvalue weighted by Crippen LogP contribution is -2.26. The number of carbonyl (C=O) groups excluding carboxylic acids is 1. The number of thioether (sulfide) groups is 1. The van der Waals surface area contributed by atoms with E-state index in [4.69, 9.17) is 4.98 Å². The molecular weight excluding hydrogens is 464 g/mol. The van der Waals surface area contributed by atoms with Crippen LogP contribution in [0.1, 0.15) is 45.6 Å². The third-order valence-corrected chi connectivity index (χ3v) is 7.21. The zero-order valence-corrected chi connectivity index (χ0v) is 21.2. The molecule has 2 heterocycles. The molecule has 0 aliphatic heterocycles. The van der Waals surface area contributed by atoms with Crippen LogP contribution in [0.3, 0.4) is 0 Å². The standard InChI is InChI=1S/C30H28N4OS/c1-21-10-12-23(13-11-21)19-34-28-27(9-6-18-31-28)33-30(34)36-20-24-14-16-26(17-15-24)29(35)32-22(2)25-7-4-3-5-8-25/h3-18,22H,19-20H2,1-2H3,(H,32,35). The van der Waals surface area contributed by atoms with Crippen molar-refractivity contribution in [1.82, 2.24) is 19.9 Å². The van der Waals surface area contributed by atoms with Gasteiger partial charge in [-0.25, -0.2) is 9.97 Å². The van der Waals surface area contributed by atoms with Gasteiger partial charge in [-0.2, -0.15) is 0 Å². The Morgan fingerprint density at radius 2 is 1.64 bits per heavy atom. The predicted octanol–water partition coefficient (Wildman–Crippen LogP) is 6.57. The molecule has 1 unspecified atom stereocenters. The lowest BCUT2D eigenvalue weighted by molar-refractivity contribution is 0.0940. The second-order valence-electron chi connectivity index (χ2n) is 8.90. The first kappa shape index (κ1) is 23.8. The van der Waals surface area contributed by atoms with Crippen LogP contribution in [-0.4, -0.2) is 20.4 Å². The van der Waals surface area contributed by atoms with E-state index in [9.17, 15) is 4.79 Å². The van der Waals surface area contributed by atoms with Gasteiger partial charge in [-0.1, -0.05) is 84.1 Å². The van der Waals surface area contributed by atoms with Crippen molar-refractivity contribution >= 4 is 28.8 Å². The molecule has 36 heavy (non-hydrogen) atoms. The maximum Gasteiger partial charge on any atom is 0.251 e. The lowest BCUT2D eigenvalue weighted by Gasteiger charge is -2.14. The number of imidazole rings is 1. The maximum atomic E-state index is 12.7. The second kappa shape index (κ2) is 10.8. The minimum absolute atomic E-state index is 0.0518. The van der Waals surface area contributed by atoms with Crippen LogP contribution in [0.5, 0.6) is 0 Å². The van der Waals surface area contributed by atoms with Gasteiger partial charge in [0.05, 0.1) is 12.6 Å². The van der Waals surface area contributed by atoms with E-state index < -0.39 is 0 Å². The zero-order chi connectivity index (χ0) is 24.9. The molecule has 1 atom stereocenters. The van der Waals surface area contributed by atoms with E-state index in [0.717, 1.165) is 39.7 Å². The molecule has 0 bridgehead atoms. The number of amides is 1. The topological polar surface area (TPSA) is 59.8 Å². The normalized spacial score (nSPS) is 11.9.